The second kappa shape index (κ2) is 4.73. The van der Waals surface area contributed by atoms with E-state index in [2.05, 4.69) is 21.9 Å². The average molecular weight is 263 g/mol. The minimum absolute atomic E-state index is 0.0516. The number of aromatic carboxylic acids is 1. The first-order valence-corrected chi connectivity index (χ1v) is 6.22. The zero-order chi connectivity index (χ0) is 13.3. The van der Waals surface area contributed by atoms with Gasteiger partial charge in [-0.05, 0) is 19.4 Å². The third-order valence-electron chi connectivity index (χ3n) is 2.64. The number of aryl methyl sites for hydroxylation is 1. The summed E-state index contributed by atoms with van der Waals surface area (Å²) < 4.78 is 0. The zero-order valence-corrected chi connectivity index (χ0v) is 10.9. The van der Waals surface area contributed by atoms with Crippen LogP contribution in [0.2, 0.25) is 0 Å². The Morgan fingerprint density at radius 2 is 2.33 bits per heavy atom. The van der Waals surface area contributed by atoms with Gasteiger partial charge in [0.1, 0.15) is 21.9 Å². The average Bonchev–Trinajstić information content (AvgIpc) is 2.68. The molecule has 2 aromatic rings. The molecule has 2 N–H and O–H groups in total. The van der Waals surface area contributed by atoms with Crippen molar-refractivity contribution in [2.45, 2.75) is 19.9 Å². The number of anilines is 1. The highest BCUT2D eigenvalue weighted by Gasteiger charge is 2.18. The van der Waals surface area contributed by atoms with Crippen LogP contribution in [-0.2, 0) is 0 Å². The molecule has 0 aliphatic rings. The third kappa shape index (κ3) is 2.06. The fraction of sp³-hybridized carbons (Fsp3) is 0.250. The minimum Gasteiger partial charge on any atom is -0.477 e. The summed E-state index contributed by atoms with van der Waals surface area (Å²) in [6.07, 6.45) is 3.19. The first-order valence-electron chi connectivity index (χ1n) is 5.41. The van der Waals surface area contributed by atoms with Crippen molar-refractivity contribution in [3.05, 3.63) is 29.4 Å². The van der Waals surface area contributed by atoms with Gasteiger partial charge >= 0.3 is 5.97 Å². The predicted octanol–water partition coefficient (Wildman–Crippen LogP) is 2.68. The molecular weight excluding hydrogens is 250 g/mol. The van der Waals surface area contributed by atoms with E-state index >= 15 is 0 Å². The topological polar surface area (TPSA) is 75.1 Å². The molecule has 0 aliphatic carbocycles. The van der Waals surface area contributed by atoms with Gasteiger partial charge in [0, 0.05) is 6.04 Å². The van der Waals surface area contributed by atoms with Crippen LogP contribution in [-0.4, -0.2) is 27.1 Å². The number of aromatic nitrogens is 2. The van der Waals surface area contributed by atoms with E-state index in [4.69, 9.17) is 5.11 Å². The molecule has 0 radical (unpaired) electrons. The van der Waals surface area contributed by atoms with E-state index in [1.54, 1.807) is 13.0 Å². The van der Waals surface area contributed by atoms with Gasteiger partial charge in [0.15, 0.2) is 0 Å². The summed E-state index contributed by atoms with van der Waals surface area (Å²) >= 11 is 1.16. The first-order chi connectivity index (χ1) is 8.54. The molecule has 18 heavy (non-hydrogen) atoms. The van der Waals surface area contributed by atoms with Crippen molar-refractivity contribution >= 4 is 33.3 Å². The molecular formula is C12H13N3O2S. The van der Waals surface area contributed by atoms with Crippen LogP contribution in [0.15, 0.2) is 19.0 Å². The third-order valence-corrected chi connectivity index (χ3v) is 3.83. The van der Waals surface area contributed by atoms with Crippen LogP contribution in [0.5, 0.6) is 0 Å². The highest BCUT2D eigenvalue weighted by molar-refractivity contribution is 7.20. The first kappa shape index (κ1) is 12.5. The molecule has 2 aromatic heterocycles. The minimum atomic E-state index is -0.932. The lowest BCUT2D eigenvalue weighted by Gasteiger charge is -2.10. The van der Waals surface area contributed by atoms with Crippen LogP contribution >= 0.6 is 11.3 Å². The largest absolute Gasteiger partial charge is 0.477 e. The predicted molar refractivity (Wildman–Crippen MR) is 72.4 cm³/mol. The van der Waals surface area contributed by atoms with E-state index in [0.717, 1.165) is 16.7 Å². The summed E-state index contributed by atoms with van der Waals surface area (Å²) in [6.45, 7) is 7.41. The fourth-order valence-electron chi connectivity index (χ4n) is 1.66. The van der Waals surface area contributed by atoms with Gasteiger partial charge in [-0.1, -0.05) is 6.08 Å². The molecule has 2 rings (SSSR count). The van der Waals surface area contributed by atoms with Crippen molar-refractivity contribution in [1.29, 1.82) is 0 Å². The molecule has 1 unspecified atom stereocenters. The summed E-state index contributed by atoms with van der Waals surface area (Å²) in [6, 6.07) is 0.0516. The lowest BCUT2D eigenvalue weighted by molar-refractivity contribution is 0.0701. The van der Waals surface area contributed by atoms with Crippen molar-refractivity contribution < 1.29 is 9.90 Å². The molecule has 0 amide bonds. The van der Waals surface area contributed by atoms with E-state index < -0.39 is 5.97 Å². The lowest BCUT2D eigenvalue weighted by Crippen LogP contribution is -2.12. The molecule has 0 saturated heterocycles. The van der Waals surface area contributed by atoms with Crippen molar-refractivity contribution in [3.63, 3.8) is 0 Å². The number of carbonyl (C=O) groups is 1. The molecule has 0 saturated carbocycles. The highest BCUT2D eigenvalue weighted by Crippen LogP contribution is 2.33. The maximum atomic E-state index is 11.1. The maximum Gasteiger partial charge on any atom is 0.346 e. The second-order valence-corrected chi connectivity index (χ2v) is 4.93. The summed E-state index contributed by atoms with van der Waals surface area (Å²) in [7, 11) is 0. The number of carboxylic acid groups (broad SMARTS) is 1. The van der Waals surface area contributed by atoms with E-state index in [1.807, 2.05) is 6.92 Å². The molecule has 0 bridgehead atoms. The second-order valence-electron chi connectivity index (χ2n) is 3.93. The van der Waals surface area contributed by atoms with E-state index in [1.165, 1.54) is 6.33 Å². The SMILES string of the molecule is C=CC(C)Nc1ncnc2sc(C(=O)O)c(C)c12. The van der Waals surface area contributed by atoms with Gasteiger partial charge in [-0.3, -0.25) is 0 Å². The number of nitrogens with one attached hydrogen (secondary N) is 1. The molecule has 0 aromatic carbocycles. The molecule has 0 fully saturated rings. The Morgan fingerprint density at radius 3 is 2.94 bits per heavy atom. The molecule has 94 valence electrons. The quantitative estimate of drug-likeness (QED) is 0.829. The number of nitrogens with zero attached hydrogens (tertiary/aromatic N) is 2. The van der Waals surface area contributed by atoms with Crippen LogP contribution in [0.4, 0.5) is 5.82 Å². The van der Waals surface area contributed by atoms with Gasteiger partial charge in [0.25, 0.3) is 0 Å². The standard InChI is InChI=1S/C12H13N3O2S/c1-4-6(2)15-10-8-7(3)9(12(16)17)18-11(8)14-5-13-10/h4-6H,1H2,2-3H3,(H,16,17)(H,13,14,15). The molecule has 1 atom stereocenters. The summed E-state index contributed by atoms with van der Waals surface area (Å²) in [4.78, 5) is 20.4. The normalized spacial score (nSPS) is 12.3. The van der Waals surface area contributed by atoms with Gasteiger partial charge in [0.2, 0.25) is 0 Å². The van der Waals surface area contributed by atoms with Crippen LogP contribution in [0.25, 0.3) is 10.2 Å². The molecule has 5 nitrogen and oxygen atoms in total. The lowest BCUT2D eigenvalue weighted by atomic mass is 10.2. The molecule has 0 spiro atoms. The van der Waals surface area contributed by atoms with Gasteiger partial charge in [-0.15, -0.1) is 17.9 Å². The maximum absolute atomic E-state index is 11.1. The fourth-order valence-corrected chi connectivity index (χ4v) is 2.65. The number of carboxylic acids is 1. The highest BCUT2D eigenvalue weighted by atomic mass is 32.1. The Morgan fingerprint density at radius 1 is 1.61 bits per heavy atom. The van der Waals surface area contributed by atoms with Crippen molar-refractivity contribution in [2.75, 3.05) is 5.32 Å². The van der Waals surface area contributed by atoms with Crippen molar-refractivity contribution in [3.8, 4) is 0 Å². The van der Waals surface area contributed by atoms with Gasteiger partial charge in [0.05, 0.1) is 5.39 Å². The smallest absolute Gasteiger partial charge is 0.346 e. The van der Waals surface area contributed by atoms with Crippen LogP contribution in [0.1, 0.15) is 22.2 Å². The zero-order valence-electron chi connectivity index (χ0n) is 10.1. The van der Waals surface area contributed by atoms with Gasteiger partial charge in [-0.2, -0.15) is 0 Å². The van der Waals surface area contributed by atoms with Gasteiger partial charge < -0.3 is 10.4 Å². The van der Waals surface area contributed by atoms with E-state index in [-0.39, 0.29) is 6.04 Å². The van der Waals surface area contributed by atoms with Crippen molar-refractivity contribution in [1.82, 2.24) is 9.97 Å². The number of thiophene rings is 1. The Labute approximate surface area is 108 Å². The van der Waals surface area contributed by atoms with Crippen LogP contribution < -0.4 is 5.32 Å². The van der Waals surface area contributed by atoms with Crippen LogP contribution in [0, 0.1) is 6.92 Å². The molecule has 0 aliphatic heterocycles. The number of hydrogen-bond acceptors (Lipinski definition) is 5. The molecule has 2 heterocycles. The summed E-state index contributed by atoms with van der Waals surface area (Å²) in [5.41, 5.74) is 0.696. The van der Waals surface area contributed by atoms with Crippen molar-refractivity contribution in [2.24, 2.45) is 0 Å². The molecule has 6 heteroatoms. The Balaban J connectivity index is 2.61. The number of hydrogen-bond donors (Lipinski definition) is 2. The monoisotopic (exact) mass is 263 g/mol. The summed E-state index contributed by atoms with van der Waals surface area (Å²) in [5, 5.41) is 13.1. The van der Waals surface area contributed by atoms with E-state index in [0.29, 0.717) is 21.1 Å². The number of rotatable bonds is 4. The Bertz CT molecular complexity index is 621. The Hall–Kier alpha value is -1.95. The number of fused-ring (bicyclic) bond motifs is 1. The summed E-state index contributed by atoms with van der Waals surface area (Å²) in [5.74, 6) is -0.285. The van der Waals surface area contributed by atoms with E-state index in [9.17, 15) is 4.79 Å². The van der Waals surface area contributed by atoms with Crippen LogP contribution in [0.3, 0.4) is 0 Å². The van der Waals surface area contributed by atoms with Gasteiger partial charge in [-0.25, -0.2) is 14.8 Å². The Kier molecular flexibility index (Phi) is 3.29.